The molecule has 9 nitrogen and oxygen atoms in total. The van der Waals surface area contributed by atoms with Crippen molar-refractivity contribution >= 4 is 27.5 Å². The molecule has 0 aliphatic carbocycles. The Balaban J connectivity index is 1.58. The molecule has 0 unspecified atom stereocenters. The molecule has 1 aliphatic heterocycles. The molecule has 0 radical (unpaired) electrons. The van der Waals surface area contributed by atoms with Crippen LogP contribution in [-0.2, 0) is 32.6 Å². The molecule has 1 aliphatic rings. The molecule has 0 fully saturated rings. The first-order chi connectivity index (χ1) is 21.0. The Kier molecular flexibility index (Phi) is 11.2. The highest BCUT2D eigenvalue weighted by atomic mass is 32.2. The Morgan fingerprint density at radius 3 is 2.30 bits per heavy atom. The van der Waals surface area contributed by atoms with Crippen LogP contribution < -0.4 is 19.1 Å². The molecule has 2 amide bonds. The third-order valence-corrected chi connectivity index (χ3v) is 8.70. The number of hydrogen-bond acceptors (Lipinski definition) is 6. The third kappa shape index (κ3) is 8.95. The second-order valence-corrected chi connectivity index (χ2v) is 12.8. The molecular formula is C33H40FN3O6S. The van der Waals surface area contributed by atoms with Crippen LogP contribution in [0.2, 0.25) is 0 Å². The van der Waals surface area contributed by atoms with E-state index in [0.717, 1.165) is 18.2 Å². The number of carbonyl (C=O) groups excluding carboxylic acids is 2. The van der Waals surface area contributed by atoms with Gasteiger partial charge in [-0.15, -0.1) is 0 Å². The maximum absolute atomic E-state index is 13.9. The van der Waals surface area contributed by atoms with Crippen molar-refractivity contribution in [2.75, 3.05) is 30.3 Å². The van der Waals surface area contributed by atoms with Gasteiger partial charge in [0, 0.05) is 38.0 Å². The predicted octanol–water partition coefficient (Wildman–Crippen LogP) is 4.70. The van der Waals surface area contributed by atoms with Crippen molar-refractivity contribution < 1.29 is 31.9 Å². The highest BCUT2D eigenvalue weighted by Crippen LogP contribution is 2.35. The molecule has 0 aromatic heterocycles. The monoisotopic (exact) mass is 625 g/mol. The van der Waals surface area contributed by atoms with Crippen molar-refractivity contribution in [3.8, 4) is 11.5 Å². The SMILES string of the molecule is CC[C@H](C)NC(=O)[C@@H](Cc1ccccc1)N(Cc1ccc(F)cc1)C(=O)CCCN(c1ccc2c(c1)OCCO2)S(C)(=O)=O. The number of amides is 2. The van der Waals surface area contributed by atoms with Gasteiger partial charge in [-0.25, -0.2) is 12.8 Å². The number of hydrogen-bond donors (Lipinski definition) is 1. The molecule has 0 bridgehead atoms. The van der Waals surface area contributed by atoms with E-state index in [4.69, 9.17) is 9.47 Å². The number of ether oxygens (including phenoxy) is 2. The molecule has 11 heteroatoms. The number of sulfonamides is 1. The van der Waals surface area contributed by atoms with E-state index in [0.29, 0.717) is 36.0 Å². The number of halogens is 1. The zero-order chi connectivity index (χ0) is 31.7. The molecule has 1 heterocycles. The first-order valence-electron chi connectivity index (χ1n) is 14.8. The van der Waals surface area contributed by atoms with Crippen LogP contribution in [0.3, 0.4) is 0 Å². The molecule has 2 atom stereocenters. The first-order valence-corrected chi connectivity index (χ1v) is 16.7. The van der Waals surface area contributed by atoms with Crippen LogP contribution in [0.15, 0.2) is 72.8 Å². The van der Waals surface area contributed by atoms with Crippen molar-refractivity contribution in [2.24, 2.45) is 0 Å². The minimum Gasteiger partial charge on any atom is -0.486 e. The summed E-state index contributed by atoms with van der Waals surface area (Å²) in [4.78, 5) is 29.1. The second kappa shape index (κ2) is 15.1. The summed E-state index contributed by atoms with van der Waals surface area (Å²) in [6, 6.07) is 19.3. The van der Waals surface area contributed by atoms with Crippen molar-refractivity contribution in [3.05, 3.63) is 89.7 Å². The van der Waals surface area contributed by atoms with Crippen LogP contribution in [0.25, 0.3) is 0 Å². The number of carbonyl (C=O) groups is 2. The van der Waals surface area contributed by atoms with Crippen LogP contribution in [0, 0.1) is 5.82 Å². The zero-order valence-electron chi connectivity index (χ0n) is 25.4. The quantitative estimate of drug-likeness (QED) is 0.279. The van der Waals surface area contributed by atoms with E-state index in [9.17, 15) is 22.4 Å². The largest absolute Gasteiger partial charge is 0.486 e. The maximum Gasteiger partial charge on any atom is 0.243 e. The van der Waals surface area contributed by atoms with Crippen molar-refractivity contribution in [1.29, 1.82) is 0 Å². The van der Waals surface area contributed by atoms with Gasteiger partial charge in [0.25, 0.3) is 0 Å². The Morgan fingerprint density at radius 2 is 1.64 bits per heavy atom. The molecular weight excluding hydrogens is 585 g/mol. The Bertz CT molecular complexity index is 1520. The fourth-order valence-corrected chi connectivity index (χ4v) is 5.93. The molecule has 0 saturated carbocycles. The van der Waals surface area contributed by atoms with Crippen molar-refractivity contribution in [1.82, 2.24) is 10.2 Å². The van der Waals surface area contributed by atoms with Crippen molar-refractivity contribution in [3.63, 3.8) is 0 Å². The number of nitrogens with one attached hydrogen (secondary N) is 1. The first kappa shape index (κ1) is 32.8. The summed E-state index contributed by atoms with van der Waals surface area (Å²) >= 11 is 0. The van der Waals surface area contributed by atoms with Crippen LogP contribution in [0.1, 0.15) is 44.2 Å². The summed E-state index contributed by atoms with van der Waals surface area (Å²) in [5, 5.41) is 3.02. The van der Waals surface area contributed by atoms with E-state index >= 15 is 0 Å². The van der Waals surface area contributed by atoms with E-state index in [1.165, 1.54) is 21.3 Å². The lowest BCUT2D eigenvalue weighted by Gasteiger charge is -2.32. The smallest absolute Gasteiger partial charge is 0.243 e. The number of benzene rings is 3. The topological polar surface area (TPSA) is 105 Å². The summed E-state index contributed by atoms with van der Waals surface area (Å²) in [5.41, 5.74) is 1.96. The lowest BCUT2D eigenvalue weighted by Crippen LogP contribution is -2.52. The fraction of sp³-hybridized carbons (Fsp3) is 0.394. The van der Waals surface area contributed by atoms with E-state index in [-0.39, 0.29) is 50.2 Å². The van der Waals surface area contributed by atoms with Crippen molar-refractivity contribution in [2.45, 2.75) is 58.2 Å². The minimum atomic E-state index is -3.69. The predicted molar refractivity (Wildman–Crippen MR) is 168 cm³/mol. The molecule has 44 heavy (non-hydrogen) atoms. The maximum atomic E-state index is 13.9. The van der Waals surface area contributed by atoms with E-state index in [2.05, 4.69) is 5.32 Å². The Hall–Kier alpha value is -4.12. The van der Waals surface area contributed by atoms with Gasteiger partial charge in [-0.2, -0.15) is 0 Å². The van der Waals surface area contributed by atoms with Crippen LogP contribution in [0.4, 0.5) is 10.1 Å². The number of fused-ring (bicyclic) bond motifs is 1. The van der Waals surface area contributed by atoms with Crippen LogP contribution in [-0.4, -0.2) is 63.2 Å². The third-order valence-electron chi connectivity index (χ3n) is 7.50. The molecule has 0 saturated heterocycles. The lowest BCUT2D eigenvalue weighted by molar-refractivity contribution is -0.141. The van der Waals surface area contributed by atoms with E-state index < -0.39 is 21.9 Å². The van der Waals surface area contributed by atoms with Gasteiger partial charge in [0.15, 0.2) is 11.5 Å². The highest BCUT2D eigenvalue weighted by molar-refractivity contribution is 7.92. The minimum absolute atomic E-state index is 0.0142. The number of anilines is 1. The van der Waals surface area contributed by atoms with E-state index in [1.54, 1.807) is 30.3 Å². The Labute approximate surface area is 259 Å². The van der Waals surface area contributed by atoms with Crippen LogP contribution >= 0.6 is 0 Å². The van der Waals surface area contributed by atoms with Gasteiger partial charge in [0.2, 0.25) is 21.8 Å². The standard InChI is InChI=1S/C33H40FN3O6S/c1-4-24(2)35-33(39)29(21-25-9-6-5-7-10-25)36(23-26-12-14-27(34)15-13-26)32(38)11-8-18-37(44(3,40)41)28-16-17-30-31(22-28)43-20-19-42-30/h5-7,9-10,12-17,22,24,29H,4,8,11,18-21,23H2,1-3H3,(H,35,39)/t24-,29+/m0/s1. The molecule has 1 N–H and O–H groups in total. The van der Waals surface area contributed by atoms with E-state index in [1.807, 2.05) is 44.2 Å². The highest BCUT2D eigenvalue weighted by Gasteiger charge is 2.31. The summed E-state index contributed by atoms with van der Waals surface area (Å²) in [5.74, 6) is 0.0000775. The molecule has 0 spiro atoms. The second-order valence-electron chi connectivity index (χ2n) is 10.9. The summed E-state index contributed by atoms with van der Waals surface area (Å²) in [6.07, 6.45) is 2.30. The van der Waals surface area contributed by atoms with Gasteiger partial charge in [0.05, 0.1) is 11.9 Å². The van der Waals surface area contributed by atoms with Gasteiger partial charge >= 0.3 is 0 Å². The van der Waals surface area contributed by atoms with Crippen LogP contribution in [0.5, 0.6) is 11.5 Å². The fourth-order valence-electron chi connectivity index (χ4n) is 4.97. The van der Waals surface area contributed by atoms with Gasteiger partial charge < -0.3 is 19.7 Å². The summed E-state index contributed by atoms with van der Waals surface area (Å²) in [6.45, 7) is 4.77. The molecule has 3 aromatic rings. The van der Waals surface area contributed by atoms with Gasteiger partial charge in [-0.05, 0) is 55.2 Å². The molecule has 236 valence electrons. The number of rotatable bonds is 14. The van der Waals surface area contributed by atoms with Gasteiger partial charge in [-0.3, -0.25) is 13.9 Å². The average molecular weight is 626 g/mol. The average Bonchev–Trinajstić information content (AvgIpc) is 3.01. The summed E-state index contributed by atoms with van der Waals surface area (Å²) < 4.78 is 51.7. The molecule has 4 rings (SSSR count). The van der Waals surface area contributed by atoms with Gasteiger partial charge in [-0.1, -0.05) is 49.4 Å². The molecule has 3 aromatic carbocycles. The Morgan fingerprint density at radius 1 is 0.955 bits per heavy atom. The van der Waals surface area contributed by atoms with Gasteiger partial charge in [0.1, 0.15) is 25.1 Å². The lowest BCUT2D eigenvalue weighted by atomic mass is 10.0. The number of nitrogens with zero attached hydrogens (tertiary/aromatic N) is 2. The summed E-state index contributed by atoms with van der Waals surface area (Å²) in [7, 11) is -3.69. The normalized spacial score (nSPS) is 13.9. The zero-order valence-corrected chi connectivity index (χ0v) is 26.2.